The number of rotatable bonds is 2. The van der Waals surface area contributed by atoms with Gasteiger partial charge < -0.3 is 10.6 Å². The van der Waals surface area contributed by atoms with Crippen LogP contribution in [0.5, 0.6) is 0 Å². The van der Waals surface area contributed by atoms with E-state index < -0.39 is 5.82 Å². The minimum absolute atomic E-state index is 0.0473. The van der Waals surface area contributed by atoms with E-state index in [-0.39, 0.29) is 23.4 Å². The van der Waals surface area contributed by atoms with Gasteiger partial charge in [-0.25, -0.2) is 4.39 Å². The number of piperidine rings is 1. The summed E-state index contributed by atoms with van der Waals surface area (Å²) in [5.41, 5.74) is 0.153. The van der Waals surface area contributed by atoms with E-state index >= 15 is 0 Å². The molecule has 2 amide bonds. The van der Waals surface area contributed by atoms with E-state index in [2.05, 4.69) is 26.6 Å². The Morgan fingerprint density at radius 2 is 2.28 bits per heavy atom. The first-order chi connectivity index (χ1) is 8.56. The Morgan fingerprint density at radius 1 is 1.50 bits per heavy atom. The van der Waals surface area contributed by atoms with Crippen molar-refractivity contribution in [2.24, 2.45) is 5.92 Å². The Hall–Kier alpha value is -1.43. The lowest BCUT2D eigenvalue weighted by Crippen LogP contribution is -2.40. The summed E-state index contributed by atoms with van der Waals surface area (Å²) in [5.74, 6) is -1.10. The van der Waals surface area contributed by atoms with Crippen LogP contribution in [0, 0.1) is 11.7 Å². The van der Waals surface area contributed by atoms with Crippen LogP contribution in [0.25, 0.3) is 0 Å². The van der Waals surface area contributed by atoms with Crippen molar-refractivity contribution in [3.05, 3.63) is 28.5 Å². The lowest BCUT2D eigenvalue weighted by molar-refractivity contribution is -0.126. The third kappa shape index (κ3) is 3.07. The van der Waals surface area contributed by atoms with Gasteiger partial charge in [-0.3, -0.25) is 9.59 Å². The number of anilines is 1. The number of nitrogens with one attached hydrogen (secondary N) is 2. The van der Waals surface area contributed by atoms with Crippen molar-refractivity contribution in [2.75, 3.05) is 11.9 Å². The molecule has 2 N–H and O–H groups in total. The maximum absolute atomic E-state index is 13.5. The number of hydrogen-bond acceptors (Lipinski definition) is 2. The van der Waals surface area contributed by atoms with Crippen LogP contribution in [0.3, 0.4) is 0 Å². The van der Waals surface area contributed by atoms with Gasteiger partial charge in [0.05, 0.1) is 11.6 Å². The molecule has 1 heterocycles. The zero-order valence-corrected chi connectivity index (χ0v) is 11.1. The Kier molecular flexibility index (Phi) is 3.96. The van der Waals surface area contributed by atoms with Gasteiger partial charge in [0, 0.05) is 17.4 Å². The zero-order valence-electron chi connectivity index (χ0n) is 9.50. The molecule has 1 aliphatic rings. The lowest BCUT2D eigenvalue weighted by Gasteiger charge is -2.21. The van der Waals surface area contributed by atoms with Gasteiger partial charge in [-0.05, 0) is 24.6 Å². The molecule has 18 heavy (non-hydrogen) atoms. The Morgan fingerprint density at radius 3 is 2.89 bits per heavy atom. The summed E-state index contributed by atoms with van der Waals surface area (Å²) in [6, 6.07) is 4.44. The van der Waals surface area contributed by atoms with Crippen LogP contribution in [0.15, 0.2) is 22.7 Å². The molecule has 0 bridgehead atoms. The fourth-order valence-electron chi connectivity index (χ4n) is 1.78. The number of benzene rings is 1. The molecule has 6 heteroatoms. The molecule has 96 valence electrons. The van der Waals surface area contributed by atoms with Crippen LogP contribution in [0.4, 0.5) is 10.1 Å². The average Bonchev–Trinajstić information content (AvgIpc) is 2.33. The Bertz CT molecular complexity index is 483. The van der Waals surface area contributed by atoms with Gasteiger partial charge >= 0.3 is 0 Å². The topological polar surface area (TPSA) is 58.2 Å². The largest absolute Gasteiger partial charge is 0.355 e. The van der Waals surface area contributed by atoms with Gasteiger partial charge in [-0.2, -0.15) is 0 Å². The van der Waals surface area contributed by atoms with Crippen molar-refractivity contribution in [1.29, 1.82) is 0 Å². The number of amides is 2. The molecule has 0 spiro atoms. The van der Waals surface area contributed by atoms with Crippen LogP contribution < -0.4 is 10.6 Å². The molecular weight excluding hydrogens is 303 g/mol. The summed E-state index contributed by atoms with van der Waals surface area (Å²) in [5, 5.41) is 5.16. The van der Waals surface area contributed by atoms with E-state index in [0.29, 0.717) is 23.9 Å². The van der Waals surface area contributed by atoms with Gasteiger partial charge in [-0.15, -0.1) is 0 Å². The van der Waals surface area contributed by atoms with Crippen molar-refractivity contribution in [3.63, 3.8) is 0 Å². The predicted molar refractivity (Wildman–Crippen MR) is 68.5 cm³/mol. The fourth-order valence-corrected chi connectivity index (χ4v) is 2.12. The monoisotopic (exact) mass is 314 g/mol. The molecule has 1 aliphatic heterocycles. The summed E-state index contributed by atoms with van der Waals surface area (Å²) in [7, 11) is 0. The van der Waals surface area contributed by atoms with Crippen molar-refractivity contribution < 1.29 is 14.0 Å². The molecule has 0 saturated carbocycles. The van der Waals surface area contributed by atoms with Crippen LogP contribution in [0.2, 0.25) is 0 Å². The smallest absolute Gasteiger partial charge is 0.229 e. The van der Waals surface area contributed by atoms with Crippen LogP contribution >= 0.6 is 15.9 Å². The van der Waals surface area contributed by atoms with E-state index in [4.69, 9.17) is 0 Å². The molecule has 1 saturated heterocycles. The highest BCUT2D eigenvalue weighted by Crippen LogP contribution is 2.21. The number of carbonyl (C=O) groups is 2. The van der Waals surface area contributed by atoms with E-state index in [1.165, 1.54) is 12.1 Å². The maximum Gasteiger partial charge on any atom is 0.229 e. The zero-order chi connectivity index (χ0) is 13.1. The highest BCUT2D eigenvalue weighted by molar-refractivity contribution is 9.10. The third-order valence-corrected chi connectivity index (χ3v) is 3.32. The lowest BCUT2D eigenvalue weighted by atomic mass is 9.98. The molecule has 0 aliphatic carbocycles. The molecule has 1 fully saturated rings. The predicted octanol–water partition coefficient (Wildman–Crippen LogP) is 2.05. The second kappa shape index (κ2) is 5.48. The SMILES string of the molecule is O=C1CCC(C(=O)Nc2ccc(Br)cc2F)CN1. The Balaban J connectivity index is 2.00. The van der Waals surface area contributed by atoms with Crippen molar-refractivity contribution >= 4 is 33.4 Å². The first kappa shape index (κ1) is 13.0. The standard InChI is InChI=1S/C12H12BrFN2O2/c13-8-2-3-10(9(14)5-8)16-12(18)7-1-4-11(17)15-6-7/h2-3,5,7H,1,4,6H2,(H,15,17)(H,16,18). The summed E-state index contributed by atoms with van der Waals surface area (Å²) >= 11 is 3.15. The fraction of sp³-hybridized carbons (Fsp3) is 0.333. The summed E-state index contributed by atoms with van der Waals surface area (Å²) < 4.78 is 14.1. The number of carbonyl (C=O) groups excluding carboxylic acids is 2. The van der Waals surface area contributed by atoms with Crippen LogP contribution in [-0.2, 0) is 9.59 Å². The first-order valence-electron chi connectivity index (χ1n) is 5.59. The minimum atomic E-state index is -0.488. The van der Waals surface area contributed by atoms with Crippen LogP contribution in [-0.4, -0.2) is 18.4 Å². The summed E-state index contributed by atoms with van der Waals surface area (Å²) in [4.78, 5) is 22.8. The molecule has 1 aromatic rings. The molecule has 0 aromatic heterocycles. The average molecular weight is 315 g/mol. The van der Waals surface area contributed by atoms with E-state index in [0.717, 1.165) is 0 Å². The second-order valence-corrected chi connectivity index (χ2v) is 5.07. The van der Waals surface area contributed by atoms with Crippen molar-refractivity contribution in [3.8, 4) is 0 Å². The van der Waals surface area contributed by atoms with Gasteiger partial charge in [0.15, 0.2) is 0 Å². The first-order valence-corrected chi connectivity index (χ1v) is 6.38. The summed E-state index contributed by atoms with van der Waals surface area (Å²) in [6.07, 6.45) is 0.830. The van der Waals surface area contributed by atoms with Gasteiger partial charge in [-0.1, -0.05) is 15.9 Å². The molecule has 1 aromatic carbocycles. The van der Waals surface area contributed by atoms with Crippen LogP contribution in [0.1, 0.15) is 12.8 Å². The molecule has 0 radical (unpaired) electrons. The van der Waals surface area contributed by atoms with E-state index in [9.17, 15) is 14.0 Å². The highest BCUT2D eigenvalue weighted by atomic mass is 79.9. The Labute approximate surface area is 112 Å². The van der Waals surface area contributed by atoms with Gasteiger partial charge in [0.1, 0.15) is 5.82 Å². The number of hydrogen-bond donors (Lipinski definition) is 2. The van der Waals surface area contributed by atoms with Gasteiger partial charge in [0.25, 0.3) is 0 Å². The second-order valence-electron chi connectivity index (χ2n) is 4.15. The van der Waals surface area contributed by atoms with Crippen molar-refractivity contribution in [2.45, 2.75) is 12.8 Å². The van der Waals surface area contributed by atoms with Crippen molar-refractivity contribution in [1.82, 2.24) is 5.32 Å². The molecule has 1 unspecified atom stereocenters. The normalized spacial score (nSPS) is 19.2. The highest BCUT2D eigenvalue weighted by Gasteiger charge is 2.24. The van der Waals surface area contributed by atoms with Gasteiger partial charge in [0.2, 0.25) is 11.8 Å². The molecule has 1 atom stereocenters. The number of halogens is 2. The third-order valence-electron chi connectivity index (χ3n) is 2.83. The molecule has 2 rings (SSSR count). The molecule has 4 nitrogen and oxygen atoms in total. The minimum Gasteiger partial charge on any atom is -0.355 e. The summed E-state index contributed by atoms with van der Waals surface area (Å²) in [6.45, 7) is 0.308. The van der Waals surface area contributed by atoms with E-state index in [1.807, 2.05) is 0 Å². The van der Waals surface area contributed by atoms with E-state index in [1.54, 1.807) is 6.07 Å². The quantitative estimate of drug-likeness (QED) is 0.877. The maximum atomic E-state index is 13.5. The molecular formula is C12H12BrFN2O2.